The monoisotopic (exact) mass is 367 g/mol. The van der Waals surface area contributed by atoms with E-state index in [4.69, 9.17) is 4.98 Å². The topological polar surface area (TPSA) is 66.3 Å². The summed E-state index contributed by atoms with van der Waals surface area (Å²) in [6, 6.07) is 8.46. The molecule has 0 saturated carbocycles. The van der Waals surface area contributed by atoms with Crippen molar-refractivity contribution in [2.75, 3.05) is 18.0 Å². The lowest BCUT2D eigenvalue weighted by molar-refractivity contribution is -0.141. The van der Waals surface area contributed by atoms with Gasteiger partial charge in [0.25, 0.3) is 0 Å². The Labute approximate surface area is 156 Å². The molecule has 1 saturated heterocycles. The van der Waals surface area contributed by atoms with Gasteiger partial charge in [0.1, 0.15) is 16.5 Å². The highest BCUT2D eigenvalue weighted by molar-refractivity contribution is 7.17. The molecule has 0 aliphatic carbocycles. The molecule has 0 bridgehead atoms. The zero-order chi connectivity index (χ0) is 18.3. The minimum atomic E-state index is -0.721. The van der Waals surface area contributed by atoms with E-state index in [9.17, 15) is 9.90 Å². The number of aryl methyl sites for hydroxylation is 2. The summed E-state index contributed by atoms with van der Waals surface area (Å²) in [5, 5.41) is 12.6. The predicted molar refractivity (Wildman–Crippen MR) is 105 cm³/mol. The first-order valence-corrected chi connectivity index (χ1v) is 9.71. The fourth-order valence-electron chi connectivity index (χ4n) is 3.57. The van der Waals surface area contributed by atoms with Crippen LogP contribution in [0.5, 0.6) is 0 Å². The fraction of sp³-hybridized carbons (Fsp3) is 0.350. The molecule has 1 atom stereocenters. The van der Waals surface area contributed by atoms with Gasteiger partial charge in [0.05, 0.1) is 11.3 Å². The zero-order valence-corrected chi connectivity index (χ0v) is 15.7. The van der Waals surface area contributed by atoms with Crippen LogP contribution >= 0.6 is 11.3 Å². The van der Waals surface area contributed by atoms with Crippen molar-refractivity contribution in [3.05, 3.63) is 41.0 Å². The Morgan fingerprint density at radius 2 is 2.00 bits per heavy atom. The summed E-state index contributed by atoms with van der Waals surface area (Å²) in [6.45, 7) is 5.31. The van der Waals surface area contributed by atoms with Gasteiger partial charge in [-0.15, -0.1) is 11.3 Å². The Morgan fingerprint density at radius 1 is 1.23 bits per heavy atom. The molecule has 3 aromatic rings. The Kier molecular flexibility index (Phi) is 4.36. The largest absolute Gasteiger partial charge is 0.481 e. The van der Waals surface area contributed by atoms with E-state index in [0.29, 0.717) is 6.54 Å². The molecular formula is C20H21N3O2S. The minimum absolute atomic E-state index is 0.337. The number of benzene rings is 1. The van der Waals surface area contributed by atoms with Crippen LogP contribution in [0.4, 0.5) is 5.82 Å². The smallest absolute Gasteiger partial charge is 0.308 e. The van der Waals surface area contributed by atoms with E-state index in [0.717, 1.165) is 52.4 Å². The quantitative estimate of drug-likeness (QED) is 0.748. The Bertz CT molecular complexity index is 965. The highest BCUT2D eigenvalue weighted by atomic mass is 32.1. The maximum atomic E-state index is 11.5. The Hall–Kier alpha value is -2.47. The normalized spacial score (nSPS) is 17.6. The van der Waals surface area contributed by atoms with Gasteiger partial charge >= 0.3 is 5.97 Å². The molecule has 0 radical (unpaired) electrons. The van der Waals surface area contributed by atoms with Crippen LogP contribution in [0.25, 0.3) is 21.3 Å². The number of piperidine rings is 1. The number of carboxylic acid groups (broad SMARTS) is 1. The molecule has 1 unspecified atom stereocenters. The van der Waals surface area contributed by atoms with Crippen molar-refractivity contribution in [1.29, 1.82) is 0 Å². The molecule has 134 valence electrons. The van der Waals surface area contributed by atoms with Crippen molar-refractivity contribution in [2.24, 2.45) is 5.92 Å². The average Bonchev–Trinajstić information content (AvgIpc) is 3.05. The summed E-state index contributed by atoms with van der Waals surface area (Å²) < 4.78 is 0. The maximum Gasteiger partial charge on any atom is 0.308 e. The number of aliphatic carboxylic acids is 1. The van der Waals surface area contributed by atoms with Crippen LogP contribution in [0.15, 0.2) is 29.6 Å². The molecule has 1 fully saturated rings. The number of anilines is 1. The van der Waals surface area contributed by atoms with E-state index < -0.39 is 5.97 Å². The molecule has 0 spiro atoms. The molecule has 26 heavy (non-hydrogen) atoms. The Balaban J connectivity index is 1.84. The lowest BCUT2D eigenvalue weighted by atomic mass is 9.97. The number of nitrogens with zero attached hydrogens (tertiary/aromatic N) is 3. The number of fused-ring (bicyclic) bond motifs is 1. The second kappa shape index (κ2) is 6.68. The van der Waals surface area contributed by atoms with Crippen LogP contribution in [-0.4, -0.2) is 34.1 Å². The van der Waals surface area contributed by atoms with Crippen molar-refractivity contribution in [3.63, 3.8) is 0 Å². The van der Waals surface area contributed by atoms with Gasteiger partial charge in [0, 0.05) is 24.0 Å². The summed E-state index contributed by atoms with van der Waals surface area (Å²) in [5.74, 6) is 0.536. The van der Waals surface area contributed by atoms with Gasteiger partial charge in [0.2, 0.25) is 0 Å². The molecule has 5 nitrogen and oxygen atoms in total. The first kappa shape index (κ1) is 17.0. The van der Waals surface area contributed by atoms with Gasteiger partial charge < -0.3 is 10.0 Å². The number of carboxylic acids is 1. The fourth-order valence-corrected chi connectivity index (χ4v) is 4.56. The predicted octanol–water partition coefficient (Wildman–Crippen LogP) is 4.28. The van der Waals surface area contributed by atoms with Crippen LogP contribution in [-0.2, 0) is 4.79 Å². The van der Waals surface area contributed by atoms with Gasteiger partial charge in [0.15, 0.2) is 0 Å². The van der Waals surface area contributed by atoms with Crippen LogP contribution in [0.3, 0.4) is 0 Å². The third-order valence-electron chi connectivity index (χ3n) is 4.96. The molecule has 2 aromatic heterocycles. The number of thiophene rings is 1. The van der Waals surface area contributed by atoms with E-state index in [1.165, 1.54) is 5.56 Å². The molecule has 1 aliphatic rings. The van der Waals surface area contributed by atoms with E-state index in [2.05, 4.69) is 46.5 Å². The van der Waals surface area contributed by atoms with Crippen molar-refractivity contribution in [1.82, 2.24) is 9.97 Å². The second-order valence-corrected chi connectivity index (χ2v) is 7.77. The van der Waals surface area contributed by atoms with E-state index >= 15 is 0 Å². The SMILES string of the molecule is Cc1ccc(-c2csc3nc(C)nc(N4CCCC(C(=O)O)C4)c23)cc1. The summed E-state index contributed by atoms with van der Waals surface area (Å²) in [6.07, 6.45) is 1.60. The Morgan fingerprint density at radius 3 is 2.73 bits per heavy atom. The zero-order valence-electron chi connectivity index (χ0n) is 14.9. The third kappa shape index (κ3) is 3.05. The van der Waals surface area contributed by atoms with Crippen molar-refractivity contribution >= 4 is 33.3 Å². The molecule has 4 rings (SSSR count). The highest BCUT2D eigenvalue weighted by Crippen LogP contribution is 2.39. The van der Waals surface area contributed by atoms with Crippen molar-refractivity contribution < 1.29 is 9.90 Å². The molecule has 1 aliphatic heterocycles. The van der Waals surface area contributed by atoms with Crippen LogP contribution < -0.4 is 4.90 Å². The van der Waals surface area contributed by atoms with E-state index in [1.807, 2.05) is 6.92 Å². The van der Waals surface area contributed by atoms with Crippen LogP contribution in [0.2, 0.25) is 0 Å². The summed E-state index contributed by atoms with van der Waals surface area (Å²) in [5.41, 5.74) is 3.49. The van der Waals surface area contributed by atoms with Gasteiger partial charge in [-0.25, -0.2) is 9.97 Å². The first-order valence-electron chi connectivity index (χ1n) is 8.83. The van der Waals surface area contributed by atoms with Crippen LogP contribution in [0, 0.1) is 19.8 Å². The lowest BCUT2D eigenvalue weighted by Crippen LogP contribution is -2.39. The number of rotatable bonds is 3. The van der Waals surface area contributed by atoms with E-state index in [-0.39, 0.29) is 5.92 Å². The van der Waals surface area contributed by atoms with Gasteiger partial charge in [-0.05, 0) is 32.3 Å². The molecule has 1 aromatic carbocycles. The number of hydrogen-bond acceptors (Lipinski definition) is 5. The molecule has 6 heteroatoms. The highest BCUT2D eigenvalue weighted by Gasteiger charge is 2.28. The van der Waals surface area contributed by atoms with E-state index in [1.54, 1.807) is 11.3 Å². The number of hydrogen-bond donors (Lipinski definition) is 1. The van der Waals surface area contributed by atoms with Gasteiger partial charge in [-0.1, -0.05) is 29.8 Å². The van der Waals surface area contributed by atoms with Gasteiger partial charge in [-0.2, -0.15) is 0 Å². The summed E-state index contributed by atoms with van der Waals surface area (Å²) in [4.78, 5) is 23.9. The van der Waals surface area contributed by atoms with Gasteiger partial charge in [-0.3, -0.25) is 4.79 Å². The molecule has 3 heterocycles. The lowest BCUT2D eigenvalue weighted by Gasteiger charge is -2.32. The number of aromatic nitrogens is 2. The summed E-state index contributed by atoms with van der Waals surface area (Å²) in [7, 11) is 0. The molecular weight excluding hydrogens is 346 g/mol. The van der Waals surface area contributed by atoms with Crippen molar-refractivity contribution in [2.45, 2.75) is 26.7 Å². The minimum Gasteiger partial charge on any atom is -0.481 e. The molecule has 0 amide bonds. The third-order valence-corrected chi connectivity index (χ3v) is 5.83. The van der Waals surface area contributed by atoms with Crippen LogP contribution in [0.1, 0.15) is 24.2 Å². The maximum absolute atomic E-state index is 11.5. The summed E-state index contributed by atoms with van der Waals surface area (Å²) >= 11 is 1.62. The second-order valence-electron chi connectivity index (χ2n) is 6.91. The molecule has 1 N–H and O–H groups in total. The first-order chi connectivity index (χ1) is 12.5. The standard InChI is InChI=1S/C20H21N3O2S/c1-12-5-7-14(8-6-12)16-11-26-19-17(16)18(21-13(2)22-19)23-9-3-4-15(10-23)20(24)25/h5-8,11,15H,3-4,9-10H2,1-2H3,(H,24,25). The number of carbonyl (C=O) groups is 1. The van der Waals surface area contributed by atoms with Crippen molar-refractivity contribution in [3.8, 4) is 11.1 Å². The average molecular weight is 367 g/mol.